The average Bonchev–Trinajstić information content (AvgIpc) is 3.76. The van der Waals surface area contributed by atoms with E-state index in [0.717, 1.165) is 5.56 Å². The first-order chi connectivity index (χ1) is 21.0. The van der Waals surface area contributed by atoms with Crippen molar-refractivity contribution in [2.45, 2.75) is 26.1 Å². The van der Waals surface area contributed by atoms with Gasteiger partial charge in [-0.3, -0.25) is 9.59 Å². The van der Waals surface area contributed by atoms with Gasteiger partial charge in [-0.15, -0.1) is 0 Å². The fraction of sp³-hybridized carbons (Fsp3) is 0.176. The Morgan fingerprint density at radius 1 is 0.930 bits per heavy atom. The highest BCUT2D eigenvalue weighted by molar-refractivity contribution is 6.16. The van der Waals surface area contributed by atoms with Gasteiger partial charge in [0.05, 0.1) is 38.1 Å². The van der Waals surface area contributed by atoms with E-state index in [1.54, 1.807) is 54.6 Å². The third kappa shape index (κ3) is 5.32. The number of amides is 1. The first-order valence-corrected chi connectivity index (χ1v) is 13.8. The van der Waals surface area contributed by atoms with Crippen LogP contribution < -0.4 is 14.2 Å². The normalized spacial score (nSPS) is 14.9. The molecule has 0 saturated heterocycles. The molecule has 0 aliphatic carbocycles. The molecule has 1 unspecified atom stereocenters. The molecule has 43 heavy (non-hydrogen) atoms. The van der Waals surface area contributed by atoms with E-state index in [2.05, 4.69) is 0 Å². The average molecular weight is 580 g/mol. The zero-order valence-electron chi connectivity index (χ0n) is 23.6. The van der Waals surface area contributed by atoms with Gasteiger partial charge in [-0.25, -0.2) is 0 Å². The van der Waals surface area contributed by atoms with Crippen molar-refractivity contribution < 1.29 is 37.7 Å². The van der Waals surface area contributed by atoms with Crippen LogP contribution in [0.5, 0.6) is 17.2 Å². The molecular weight excluding hydrogens is 550 g/mol. The number of nitrogens with zero attached hydrogens (tertiary/aromatic N) is 1. The predicted molar refractivity (Wildman–Crippen MR) is 157 cm³/mol. The standard InChI is InChI=1S/C34H29NO8/c1-3-40-27-17-22(14-15-25(27)42-20-21-9-5-4-6-10-21)30-29(32(37)34(38)35(30)19-24-12-8-16-41-24)31(36)28-18-23-11-7-13-26(39-2)33(23)43-28/h4-18,30,37H,3,19-20H2,1-2H3. The quantitative estimate of drug-likeness (QED) is 0.170. The van der Waals surface area contributed by atoms with Gasteiger partial charge in [-0.1, -0.05) is 48.5 Å². The van der Waals surface area contributed by atoms with Crippen LogP contribution in [0.3, 0.4) is 0 Å². The molecule has 1 aliphatic heterocycles. The van der Waals surface area contributed by atoms with E-state index in [1.165, 1.54) is 18.3 Å². The maximum Gasteiger partial charge on any atom is 0.290 e. The molecule has 9 heteroatoms. The number of ketones is 1. The third-order valence-electron chi connectivity index (χ3n) is 7.23. The molecular formula is C34H29NO8. The van der Waals surface area contributed by atoms with Crippen molar-refractivity contribution in [3.05, 3.63) is 125 Å². The van der Waals surface area contributed by atoms with Crippen LogP contribution in [0.4, 0.5) is 0 Å². The second-order valence-electron chi connectivity index (χ2n) is 9.91. The molecule has 1 amide bonds. The van der Waals surface area contributed by atoms with Crippen LogP contribution in [0.1, 0.15) is 40.4 Å². The number of para-hydroxylation sites is 1. The van der Waals surface area contributed by atoms with Gasteiger partial charge in [0.2, 0.25) is 5.78 Å². The molecule has 0 saturated carbocycles. The Labute approximate surface area is 247 Å². The summed E-state index contributed by atoms with van der Waals surface area (Å²) in [6, 6.07) is 24.3. The summed E-state index contributed by atoms with van der Waals surface area (Å²) < 4.78 is 28.8. The number of ether oxygens (including phenoxy) is 3. The van der Waals surface area contributed by atoms with Gasteiger partial charge in [-0.05, 0) is 54.4 Å². The second-order valence-corrected chi connectivity index (χ2v) is 9.91. The number of rotatable bonds is 11. The molecule has 3 aromatic carbocycles. The fourth-order valence-corrected chi connectivity index (χ4v) is 5.22. The minimum Gasteiger partial charge on any atom is -0.503 e. The molecule has 0 radical (unpaired) electrons. The van der Waals surface area contributed by atoms with Crippen LogP contribution >= 0.6 is 0 Å². The number of furan rings is 2. The van der Waals surface area contributed by atoms with Crippen molar-refractivity contribution in [3.8, 4) is 17.2 Å². The van der Waals surface area contributed by atoms with Crippen LogP contribution in [-0.2, 0) is 17.9 Å². The summed E-state index contributed by atoms with van der Waals surface area (Å²) in [5.74, 6) is -0.140. The SMILES string of the molecule is CCOc1cc(C2C(C(=O)c3cc4cccc(OC)c4o3)=C(O)C(=O)N2Cc2ccco2)ccc1OCc1ccccc1. The van der Waals surface area contributed by atoms with E-state index in [0.29, 0.717) is 52.8 Å². The first-order valence-electron chi connectivity index (χ1n) is 13.8. The third-order valence-corrected chi connectivity index (χ3v) is 7.23. The molecule has 0 spiro atoms. The van der Waals surface area contributed by atoms with Gasteiger partial charge in [0, 0.05) is 5.39 Å². The molecule has 6 rings (SSSR count). The Bertz CT molecular complexity index is 1800. The number of aliphatic hydroxyl groups excluding tert-OH is 1. The van der Waals surface area contributed by atoms with Gasteiger partial charge in [-0.2, -0.15) is 0 Å². The van der Waals surface area contributed by atoms with E-state index in [9.17, 15) is 14.7 Å². The summed E-state index contributed by atoms with van der Waals surface area (Å²) in [7, 11) is 1.51. The Morgan fingerprint density at radius 2 is 1.77 bits per heavy atom. The molecule has 1 N–H and O–H groups in total. The smallest absolute Gasteiger partial charge is 0.290 e. The topological polar surface area (TPSA) is 112 Å². The fourth-order valence-electron chi connectivity index (χ4n) is 5.22. The van der Waals surface area contributed by atoms with Crippen molar-refractivity contribution in [1.29, 1.82) is 0 Å². The lowest BCUT2D eigenvalue weighted by Gasteiger charge is -2.26. The second kappa shape index (κ2) is 11.8. The summed E-state index contributed by atoms with van der Waals surface area (Å²) in [5, 5.41) is 11.8. The van der Waals surface area contributed by atoms with Gasteiger partial charge >= 0.3 is 0 Å². The lowest BCUT2D eigenvalue weighted by atomic mass is 9.94. The number of fused-ring (bicyclic) bond motifs is 1. The van der Waals surface area contributed by atoms with Gasteiger partial charge in [0.25, 0.3) is 5.91 Å². The lowest BCUT2D eigenvalue weighted by molar-refractivity contribution is -0.130. The first kappa shape index (κ1) is 27.7. The summed E-state index contributed by atoms with van der Waals surface area (Å²) in [6.45, 7) is 2.55. The van der Waals surface area contributed by atoms with Crippen LogP contribution in [0.2, 0.25) is 0 Å². The minimum atomic E-state index is -0.970. The number of benzene rings is 3. The summed E-state index contributed by atoms with van der Waals surface area (Å²) in [6.07, 6.45) is 1.50. The number of aliphatic hydroxyl groups is 1. The van der Waals surface area contributed by atoms with Crippen LogP contribution in [0.25, 0.3) is 11.0 Å². The molecule has 0 bridgehead atoms. The molecule has 218 valence electrons. The number of Topliss-reactive ketones (excluding diaryl/α,β-unsaturated/α-hetero) is 1. The lowest BCUT2D eigenvalue weighted by Crippen LogP contribution is -2.30. The molecule has 9 nitrogen and oxygen atoms in total. The van der Waals surface area contributed by atoms with Crippen LogP contribution in [-0.4, -0.2) is 35.4 Å². The molecule has 5 aromatic rings. The van der Waals surface area contributed by atoms with Crippen molar-refractivity contribution in [2.75, 3.05) is 13.7 Å². The highest BCUT2D eigenvalue weighted by atomic mass is 16.5. The highest BCUT2D eigenvalue weighted by Gasteiger charge is 2.45. The van der Waals surface area contributed by atoms with Crippen molar-refractivity contribution in [1.82, 2.24) is 4.90 Å². The van der Waals surface area contributed by atoms with Crippen molar-refractivity contribution in [2.24, 2.45) is 0 Å². The maximum atomic E-state index is 14.0. The van der Waals surface area contributed by atoms with E-state index in [-0.39, 0.29) is 17.9 Å². The van der Waals surface area contributed by atoms with Crippen LogP contribution in [0.15, 0.2) is 111 Å². The number of hydrogen-bond acceptors (Lipinski definition) is 8. The Morgan fingerprint density at radius 3 is 2.51 bits per heavy atom. The zero-order chi connectivity index (χ0) is 29.9. The van der Waals surface area contributed by atoms with Gasteiger partial charge in [0.15, 0.2) is 34.4 Å². The Balaban J connectivity index is 1.41. The van der Waals surface area contributed by atoms with Crippen molar-refractivity contribution >= 4 is 22.7 Å². The Hall–Kier alpha value is -5.44. The summed E-state index contributed by atoms with van der Waals surface area (Å²) in [5.41, 5.74) is 1.80. The summed E-state index contributed by atoms with van der Waals surface area (Å²) in [4.78, 5) is 28.9. The van der Waals surface area contributed by atoms with E-state index in [1.807, 2.05) is 37.3 Å². The summed E-state index contributed by atoms with van der Waals surface area (Å²) >= 11 is 0. The predicted octanol–water partition coefficient (Wildman–Crippen LogP) is 6.79. The Kier molecular flexibility index (Phi) is 7.61. The number of carbonyl (C=O) groups excluding carboxylic acids is 2. The van der Waals surface area contributed by atoms with Crippen molar-refractivity contribution in [3.63, 3.8) is 0 Å². The van der Waals surface area contributed by atoms with E-state index in [4.69, 9.17) is 23.0 Å². The monoisotopic (exact) mass is 579 g/mol. The number of carbonyl (C=O) groups is 2. The van der Waals surface area contributed by atoms with E-state index >= 15 is 0 Å². The molecule has 1 atom stereocenters. The largest absolute Gasteiger partial charge is 0.503 e. The van der Waals surface area contributed by atoms with Gasteiger partial charge in [0.1, 0.15) is 12.4 Å². The van der Waals surface area contributed by atoms with Gasteiger partial charge < -0.3 is 33.1 Å². The van der Waals surface area contributed by atoms with Crippen LogP contribution in [0, 0.1) is 0 Å². The van der Waals surface area contributed by atoms with E-state index < -0.39 is 23.5 Å². The molecule has 0 fully saturated rings. The maximum absolute atomic E-state index is 14.0. The molecule has 3 heterocycles. The highest BCUT2D eigenvalue weighted by Crippen LogP contribution is 2.43. The minimum absolute atomic E-state index is 0.0154. The number of hydrogen-bond donors (Lipinski definition) is 1. The zero-order valence-corrected chi connectivity index (χ0v) is 23.6. The molecule has 1 aliphatic rings. The number of methoxy groups -OCH3 is 1. The molecule has 2 aromatic heterocycles.